The molecule has 4 nitrogen and oxygen atoms in total. The Kier molecular flexibility index (Phi) is 5.12. The molecule has 0 atom stereocenters. The second kappa shape index (κ2) is 6.85. The highest BCUT2D eigenvalue weighted by Crippen LogP contribution is 2.15. The lowest BCUT2D eigenvalue weighted by Crippen LogP contribution is -2.25. The van der Waals surface area contributed by atoms with E-state index in [2.05, 4.69) is 13.8 Å². The molecule has 0 unspecified atom stereocenters. The van der Waals surface area contributed by atoms with Gasteiger partial charge in [-0.2, -0.15) is 0 Å². The van der Waals surface area contributed by atoms with E-state index in [0.717, 1.165) is 37.1 Å². The minimum atomic E-state index is -0.0955. The van der Waals surface area contributed by atoms with Gasteiger partial charge in [0.1, 0.15) is 5.69 Å². The maximum Gasteiger partial charge on any atom is 0.290 e. The molecule has 0 saturated carbocycles. The highest BCUT2D eigenvalue weighted by molar-refractivity contribution is 6.30. The molecule has 0 bridgehead atoms. The van der Waals surface area contributed by atoms with Gasteiger partial charge in [0.15, 0.2) is 0 Å². The third-order valence-corrected chi connectivity index (χ3v) is 3.80. The normalized spacial score (nSPS) is 11.0. The number of rotatable bonds is 6. The van der Waals surface area contributed by atoms with Crippen LogP contribution in [0.15, 0.2) is 29.1 Å². The number of halogens is 1. The average molecular weight is 308 g/mol. The van der Waals surface area contributed by atoms with Crippen molar-refractivity contribution in [3.8, 4) is 0 Å². The lowest BCUT2D eigenvalue weighted by Gasteiger charge is -2.14. The summed E-state index contributed by atoms with van der Waals surface area (Å²) in [6, 6.07) is 7.55. The minimum absolute atomic E-state index is 0.0955. The molecule has 2 rings (SSSR count). The average Bonchev–Trinajstić information content (AvgIpc) is 2.68. The Hall–Kier alpha value is -1.68. The van der Waals surface area contributed by atoms with E-state index in [1.807, 2.05) is 28.9 Å². The summed E-state index contributed by atoms with van der Waals surface area (Å²) < 4.78 is 3.78. The summed E-state index contributed by atoms with van der Waals surface area (Å²) >= 11 is 5.90. The first-order valence-electron chi connectivity index (χ1n) is 7.40. The van der Waals surface area contributed by atoms with Crippen molar-refractivity contribution in [1.82, 2.24) is 9.36 Å². The SMILES string of the molecule is CCCc1c(N)c(=O)n(Cc2ccc(Cl)cc2)n1CCC. The first-order chi connectivity index (χ1) is 10.1. The third kappa shape index (κ3) is 3.32. The van der Waals surface area contributed by atoms with Gasteiger partial charge in [-0.1, -0.05) is 44.0 Å². The largest absolute Gasteiger partial charge is 0.393 e. The zero-order valence-electron chi connectivity index (χ0n) is 12.6. The van der Waals surface area contributed by atoms with E-state index in [1.54, 1.807) is 4.68 Å². The number of nitrogens with two attached hydrogens (primary N) is 1. The molecule has 0 spiro atoms. The van der Waals surface area contributed by atoms with Crippen LogP contribution in [0.4, 0.5) is 5.69 Å². The fourth-order valence-electron chi connectivity index (χ4n) is 2.54. The van der Waals surface area contributed by atoms with Gasteiger partial charge < -0.3 is 5.73 Å². The molecular weight excluding hydrogens is 286 g/mol. The number of nitrogens with zero attached hydrogens (tertiary/aromatic N) is 2. The van der Waals surface area contributed by atoms with Gasteiger partial charge in [0.25, 0.3) is 5.56 Å². The highest BCUT2D eigenvalue weighted by atomic mass is 35.5. The Morgan fingerprint density at radius 3 is 2.33 bits per heavy atom. The van der Waals surface area contributed by atoms with Gasteiger partial charge in [0.2, 0.25) is 0 Å². The summed E-state index contributed by atoms with van der Waals surface area (Å²) in [5.41, 5.74) is 8.31. The van der Waals surface area contributed by atoms with E-state index in [9.17, 15) is 4.79 Å². The lowest BCUT2D eigenvalue weighted by molar-refractivity contribution is 0.449. The summed E-state index contributed by atoms with van der Waals surface area (Å²) in [7, 11) is 0. The second-order valence-corrected chi connectivity index (χ2v) is 5.66. The fourth-order valence-corrected chi connectivity index (χ4v) is 2.67. The van der Waals surface area contributed by atoms with Crippen LogP contribution in [0.5, 0.6) is 0 Å². The van der Waals surface area contributed by atoms with Crippen LogP contribution in [0.2, 0.25) is 5.02 Å². The van der Waals surface area contributed by atoms with Crippen LogP contribution in [0, 0.1) is 0 Å². The van der Waals surface area contributed by atoms with E-state index >= 15 is 0 Å². The molecular formula is C16H22ClN3O. The first-order valence-corrected chi connectivity index (χ1v) is 7.78. The van der Waals surface area contributed by atoms with Crippen molar-refractivity contribution in [3.63, 3.8) is 0 Å². The Labute approximate surface area is 130 Å². The molecule has 0 fully saturated rings. The number of anilines is 1. The van der Waals surface area contributed by atoms with Crippen molar-refractivity contribution >= 4 is 17.3 Å². The van der Waals surface area contributed by atoms with Gasteiger partial charge in [0.05, 0.1) is 12.2 Å². The number of nitrogen functional groups attached to an aromatic ring is 1. The predicted octanol–water partition coefficient (Wildman–Crippen LogP) is 3.30. The van der Waals surface area contributed by atoms with E-state index in [4.69, 9.17) is 17.3 Å². The Morgan fingerprint density at radius 2 is 1.76 bits per heavy atom. The quantitative estimate of drug-likeness (QED) is 0.890. The van der Waals surface area contributed by atoms with E-state index < -0.39 is 0 Å². The maximum atomic E-state index is 12.4. The molecule has 1 heterocycles. The van der Waals surface area contributed by atoms with Crippen LogP contribution >= 0.6 is 11.6 Å². The van der Waals surface area contributed by atoms with Crippen molar-refractivity contribution in [1.29, 1.82) is 0 Å². The van der Waals surface area contributed by atoms with Gasteiger partial charge in [0, 0.05) is 11.6 Å². The van der Waals surface area contributed by atoms with Crippen molar-refractivity contribution in [2.75, 3.05) is 5.73 Å². The van der Waals surface area contributed by atoms with Gasteiger partial charge in [-0.3, -0.25) is 9.48 Å². The van der Waals surface area contributed by atoms with Crippen LogP contribution in [0.1, 0.15) is 37.9 Å². The summed E-state index contributed by atoms with van der Waals surface area (Å²) in [5.74, 6) is 0. The zero-order chi connectivity index (χ0) is 15.4. The summed E-state index contributed by atoms with van der Waals surface area (Å²) in [6.45, 7) is 5.51. The van der Waals surface area contributed by atoms with Crippen molar-refractivity contribution < 1.29 is 0 Å². The summed E-state index contributed by atoms with van der Waals surface area (Å²) in [6.07, 6.45) is 2.76. The van der Waals surface area contributed by atoms with Crippen molar-refractivity contribution in [2.24, 2.45) is 0 Å². The molecule has 5 heteroatoms. The monoisotopic (exact) mass is 307 g/mol. The van der Waals surface area contributed by atoms with E-state index in [0.29, 0.717) is 17.3 Å². The van der Waals surface area contributed by atoms with Gasteiger partial charge >= 0.3 is 0 Å². The predicted molar refractivity (Wildman–Crippen MR) is 87.9 cm³/mol. The van der Waals surface area contributed by atoms with E-state index in [-0.39, 0.29) is 5.56 Å². The Morgan fingerprint density at radius 1 is 1.10 bits per heavy atom. The molecule has 0 aliphatic rings. The minimum Gasteiger partial charge on any atom is -0.393 e. The van der Waals surface area contributed by atoms with Crippen molar-refractivity contribution in [3.05, 3.63) is 50.9 Å². The fraction of sp³-hybridized carbons (Fsp3) is 0.438. The van der Waals surface area contributed by atoms with Crippen LogP contribution < -0.4 is 11.3 Å². The zero-order valence-corrected chi connectivity index (χ0v) is 13.4. The molecule has 0 aliphatic heterocycles. The summed E-state index contributed by atoms with van der Waals surface area (Å²) in [5, 5.41) is 0.696. The van der Waals surface area contributed by atoms with Crippen molar-refractivity contribution in [2.45, 2.75) is 46.2 Å². The van der Waals surface area contributed by atoms with Crippen LogP contribution in [0.3, 0.4) is 0 Å². The molecule has 2 aromatic rings. The Bertz CT molecular complexity index is 655. The molecule has 0 aliphatic carbocycles. The molecule has 0 amide bonds. The summed E-state index contributed by atoms with van der Waals surface area (Å²) in [4.78, 5) is 12.4. The molecule has 2 N–H and O–H groups in total. The maximum absolute atomic E-state index is 12.4. The van der Waals surface area contributed by atoms with Crippen LogP contribution in [-0.4, -0.2) is 9.36 Å². The molecule has 1 aromatic heterocycles. The number of hydrogen-bond acceptors (Lipinski definition) is 2. The standard InChI is InChI=1S/C16H22ClN3O/c1-3-5-14-15(18)16(21)20(19(14)10-4-2)11-12-6-8-13(17)9-7-12/h6-9H,3-5,10-11,18H2,1-2H3. The Balaban J connectivity index is 2.44. The van der Waals surface area contributed by atoms with Crippen LogP contribution in [0.25, 0.3) is 0 Å². The van der Waals surface area contributed by atoms with E-state index in [1.165, 1.54) is 0 Å². The highest BCUT2D eigenvalue weighted by Gasteiger charge is 2.16. The molecule has 0 radical (unpaired) electrons. The lowest BCUT2D eigenvalue weighted by atomic mass is 10.2. The first kappa shape index (κ1) is 15.7. The number of hydrogen-bond donors (Lipinski definition) is 1. The van der Waals surface area contributed by atoms with Gasteiger partial charge in [-0.25, -0.2) is 4.68 Å². The van der Waals surface area contributed by atoms with Gasteiger partial charge in [-0.05, 0) is 30.5 Å². The molecule has 0 saturated heterocycles. The molecule has 114 valence electrons. The van der Waals surface area contributed by atoms with Crippen LogP contribution in [-0.2, 0) is 19.5 Å². The van der Waals surface area contributed by atoms with Gasteiger partial charge in [-0.15, -0.1) is 0 Å². The number of aromatic nitrogens is 2. The number of benzene rings is 1. The molecule has 1 aromatic carbocycles. The third-order valence-electron chi connectivity index (χ3n) is 3.55. The second-order valence-electron chi connectivity index (χ2n) is 5.22. The smallest absolute Gasteiger partial charge is 0.290 e. The molecule has 21 heavy (non-hydrogen) atoms. The topological polar surface area (TPSA) is 53.0 Å².